The Balaban J connectivity index is 0. The van der Waals surface area contributed by atoms with Crippen LogP contribution in [0.2, 0.25) is 0 Å². The van der Waals surface area contributed by atoms with Gasteiger partial charge in [0, 0.05) is 0 Å². The summed E-state index contributed by atoms with van der Waals surface area (Å²) in [5.41, 5.74) is 0.727. The first-order valence-electron chi connectivity index (χ1n) is 7.76. The zero-order valence-corrected chi connectivity index (χ0v) is 13.8. The van der Waals surface area contributed by atoms with Crippen molar-refractivity contribution < 1.29 is 0 Å². The van der Waals surface area contributed by atoms with Crippen LogP contribution in [0.15, 0.2) is 0 Å². The second kappa shape index (κ2) is 11.1. The van der Waals surface area contributed by atoms with Crippen LogP contribution >= 0.6 is 0 Å². The first-order chi connectivity index (χ1) is 8.12. The Morgan fingerprint density at radius 1 is 1.00 bits per heavy atom. The lowest BCUT2D eigenvalue weighted by Crippen LogP contribution is -2.38. The van der Waals surface area contributed by atoms with Crippen molar-refractivity contribution in [1.82, 2.24) is 4.90 Å². The SMILES string of the molecule is CC.CC.CCC1CC(CC)(CCN(C)C)C1. The van der Waals surface area contributed by atoms with Crippen molar-refractivity contribution in [3.05, 3.63) is 0 Å². The first kappa shape index (κ1) is 19.3. The van der Waals surface area contributed by atoms with Crippen molar-refractivity contribution in [3.8, 4) is 0 Å². The van der Waals surface area contributed by atoms with Crippen LogP contribution in [0, 0.1) is 11.3 Å². The van der Waals surface area contributed by atoms with E-state index in [2.05, 4.69) is 32.8 Å². The molecule has 0 bridgehead atoms. The fraction of sp³-hybridized carbons (Fsp3) is 1.00. The molecule has 0 aromatic rings. The molecule has 0 saturated heterocycles. The maximum atomic E-state index is 2.36. The van der Waals surface area contributed by atoms with Crippen LogP contribution in [0.5, 0.6) is 0 Å². The molecule has 0 aliphatic heterocycles. The molecule has 0 unspecified atom stereocenters. The van der Waals surface area contributed by atoms with E-state index in [-0.39, 0.29) is 0 Å². The molecule has 1 saturated carbocycles. The van der Waals surface area contributed by atoms with E-state index in [1.807, 2.05) is 27.7 Å². The van der Waals surface area contributed by atoms with Gasteiger partial charge >= 0.3 is 0 Å². The van der Waals surface area contributed by atoms with E-state index >= 15 is 0 Å². The lowest BCUT2D eigenvalue weighted by molar-refractivity contribution is 0.0315. The summed E-state index contributed by atoms with van der Waals surface area (Å²) < 4.78 is 0. The Morgan fingerprint density at radius 3 is 1.76 bits per heavy atom. The topological polar surface area (TPSA) is 3.24 Å². The van der Waals surface area contributed by atoms with Gasteiger partial charge < -0.3 is 4.90 Å². The van der Waals surface area contributed by atoms with Gasteiger partial charge in [-0.1, -0.05) is 54.4 Å². The maximum Gasteiger partial charge on any atom is -0.00195 e. The number of nitrogens with zero attached hydrogens (tertiary/aromatic N) is 1. The zero-order valence-electron chi connectivity index (χ0n) is 13.8. The number of hydrogen-bond donors (Lipinski definition) is 0. The van der Waals surface area contributed by atoms with Crippen LogP contribution in [0.4, 0.5) is 0 Å². The van der Waals surface area contributed by atoms with E-state index in [4.69, 9.17) is 0 Å². The number of rotatable bonds is 5. The molecule has 0 aromatic carbocycles. The van der Waals surface area contributed by atoms with Crippen molar-refractivity contribution >= 4 is 0 Å². The van der Waals surface area contributed by atoms with Crippen LogP contribution in [0.25, 0.3) is 0 Å². The standard InChI is InChI=1S/C12H25N.2C2H6/c1-5-11-9-12(6-2,10-11)7-8-13(3)4;2*1-2/h11H,5-10H2,1-4H3;2*1-2H3. The Hall–Kier alpha value is -0.0400. The zero-order chi connectivity index (χ0) is 13.9. The second-order valence-corrected chi connectivity index (χ2v) is 5.09. The Kier molecular flexibility index (Phi) is 12.6. The first-order valence-corrected chi connectivity index (χ1v) is 7.76. The largest absolute Gasteiger partial charge is 0.309 e. The summed E-state index contributed by atoms with van der Waals surface area (Å²) in [6.45, 7) is 14.0. The summed E-state index contributed by atoms with van der Waals surface area (Å²) in [4.78, 5) is 2.32. The molecule has 1 aliphatic carbocycles. The van der Waals surface area contributed by atoms with E-state index in [1.165, 1.54) is 38.6 Å². The summed E-state index contributed by atoms with van der Waals surface area (Å²) in [5, 5.41) is 0. The van der Waals surface area contributed by atoms with Gasteiger partial charge in [0.15, 0.2) is 0 Å². The molecule has 1 heteroatoms. The maximum absolute atomic E-state index is 2.36. The molecular formula is C16H37N. The summed E-state index contributed by atoms with van der Waals surface area (Å²) in [7, 11) is 4.36. The van der Waals surface area contributed by atoms with E-state index in [0.29, 0.717) is 0 Å². The Bertz CT molecular complexity index is 146. The molecule has 0 amide bonds. The minimum absolute atomic E-state index is 0.727. The Morgan fingerprint density at radius 2 is 1.47 bits per heavy atom. The average molecular weight is 243 g/mol. The van der Waals surface area contributed by atoms with Gasteiger partial charge in [0.25, 0.3) is 0 Å². The molecule has 106 valence electrons. The van der Waals surface area contributed by atoms with E-state index in [1.54, 1.807) is 0 Å². The molecule has 0 aromatic heterocycles. The van der Waals surface area contributed by atoms with Crippen molar-refractivity contribution in [2.24, 2.45) is 11.3 Å². The van der Waals surface area contributed by atoms with E-state index < -0.39 is 0 Å². The van der Waals surface area contributed by atoms with Gasteiger partial charge in [-0.25, -0.2) is 0 Å². The third-order valence-electron chi connectivity index (χ3n) is 3.86. The molecule has 0 spiro atoms. The highest BCUT2D eigenvalue weighted by molar-refractivity contribution is 4.92. The molecule has 0 N–H and O–H groups in total. The average Bonchev–Trinajstić information content (AvgIpc) is 2.33. The third-order valence-corrected chi connectivity index (χ3v) is 3.86. The highest BCUT2D eigenvalue weighted by Gasteiger charge is 2.40. The van der Waals surface area contributed by atoms with Crippen molar-refractivity contribution in [3.63, 3.8) is 0 Å². The molecule has 1 fully saturated rings. The smallest absolute Gasteiger partial charge is 0.00195 e. The number of hydrogen-bond acceptors (Lipinski definition) is 1. The monoisotopic (exact) mass is 243 g/mol. The molecule has 0 heterocycles. The van der Waals surface area contributed by atoms with Gasteiger partial charge in [-0.2, -0.15) is 0 Å². The Labute approximate surface area is 111 Å². The van der Waals surface area contributed by atoms with Gasteiger partial charge in [-0.15, -0.1) is 0 Å². The summed E-state index contributed by atoms with van der Waals surface area (Å²) >= 11 is 0. The lowest BCUT2D eigenvalue weighted by Gasteiger charge is -2.48. The van der Waals surface area contributed by atoms with E-state index in [0.717, 1.165) is 11.3 Å². The highest BCUT2D eigenvalue weighted by atomic mass is 15.0. The molecule has 0 atom stereocenters. The van der Waals surface area contributed by atoms with Crippen molar-refractivity contribution in [2.45, 2.75) is 73.6 Å². The van der Waals surface area contributed by atoms with Crippen LogP contribution in [0.1, 0.15) is 73.6 Å². The molecular weight excluding hydrogens is 206 g/mol. The van der Waals surface area contributed by atoms with Crippen LogP contribution < -0.4 is 0 Å². The normalized spacial score (nSPS) is 26.3. The summed E-state index contributed by atoms with van der Waals surface area (Å²) in [6, 6.07) is 0. The van der Waals surface area contributed by atoms with Gasteiger partial charge in [-0.3, -0.25) is 0 Å². The van der Waals surface area contributed by atoms with Gasteiger partial charge in [0.1, 0.15) is 0 Å². The van der Waals surface area contributed by atoms with Crippen LogP contribution in [-0.2, 0) is 0 Å². The third kappa shape index (κ3) is 7.08. The van der Waals surface area contributed by atoms with Crippen LogP contribution in [-0.4, -0.2) is 25.5 Å². The molecule has 1 rings (SSSR count). The highest BCUT2D eigenvalue weighted by Crippen LogP contribution is 2.51. The van der Waals surface area contributed by atoms with Gasteiger partial charge in [0.2, 0.25) is 0 Å². The molecule has 1 aliphatic rings. The summed E-state index contributed by atoms with van der Waals surface area (Å²) in [6.07, 6.45) is 7.18. The van der Waals surface area contributed by atoms with Crippen LogP contribution in [0.3, 0.4) is 0 Å². The predicted octanol–water partition coefficient (Wildman–Crippen LogP) is 5.21. The van der Waals surface area contributed by atoms with Gasteiger partial charge in [-0.05, 0) is 51.2 Å². The summed E-state index contributed by atoms with van der Waals surface area (Å²) in [5.74, 6) is 1.04. The van der Waals surface area contributed by atoms with Gasteiger partial charge in [0.05, 0.1) is 0 Å². The minimum atomic E-state index is 0.727. The molecule has 17 heavy (non-hydrogen) atoms. The fourth-order valence-corrected chi connectivity index (χ4v) is 2.58. The lowest BCUT2D eigenvalue weighted by atomic mass is 9.58. The van der Waals surface area contributed by atoms with Crippen molar-refractivity contribution in [2.75, 3.05) is 20.6 Å². The van der Waals surface area contributed by atoms with E-state index in [9.17, 15) is 0 Å². The predicted molar refractivity (Wildman–Crippen MR) is 81.6 cm³/mol. The second-order valence-electron chi connectivity index (χ2n) is 5.09. The molecule has 0 radical (unpaired) electrons. The molecule has 1 nitrogen and oxygen atoms in total. The minimum Gasteiger partial charge on any atom is -0.309 e. The fourth-order valence-electron chi connectivity index (χ4n) is 2.58. The van der Waals surface area contributed by atoms with Crippen molar-refractivity contribution in [1.29, 1.82) is 0 Å². The quantitative estimate of drug-likeness (QED) is 0.641.